The number of aliphatic imine (C=N–C) groups is 1. The average molecular weight is 405 g/mol. The van der Waals surface area contributed by atoms with Gasteiger partial charge in [-0.2, -0.15) is 13.2 Å². The lowest BCUT2D eigenvalue weighted by atomic mass is 10.0. The van der Waals surface area contributed by atoms with Gasteiger partial charge in [-0.25, -0.2) is 0 Å². The summed E-state index contributed by atoms with van der Waals surface area (Å²) in [7, 11) is 0. The van der Waals surface area contributed by atoms with E-state index in [1.54, 1.807) is 35.6 Å². The number of carbonyl (C=O) groups is 2. The van der Waals surface area contributed by atoms with Gasteiger partial charge in [0.05, 0.1) is 30.8 Å². The number of fused-ring (bicyclic) bond motifs is 2. The molecule has 1 fully saturated rings. The first kappa shape index (κ1) is 19.1. The second-order valence-corrected chi connectivity index (χ2v) is 6.31. The zero-order valence-corrected chi connectivity index (χ0v) is 14.7. The highest BCUT2D eigenvalue weighted by atomic mass is 19.4. The Kier molecular flexibility index (Phi) is 4.59. The third kappa shape index (κ3) is 3.59. The van der Waals surface area contributed by atoms with Gasteiger partial charge in [-0.3, -0.25) is 14.6 Å². The largest absolute Gasteiger partial charge is 0.471 e. The molecule has 29 heavy (non-hydrogen) atoms. The molecule has 2 amide bonds. The lowest BCUT2D eigenvalue weighted by Gasteiger charge is -2.22. The van der Waals surface area contributed by atoms with E-state index in [0.717, 1.165) is 0 Å². The second kappa shape index (κ2) is 6.98. The van der Waals surface area contributed by atoms with Gasteiger partial charge in [-0.1, -0.05) is 18.2 Å². The number of alkyl halides is 3. The van der Waals surface area contributed by atoms with Crippen molar-refractivity contribution >= 4 is 35.1 Å². The fourth-order valence-corrected chi connectivity index (χ4v) is 3.07. The first-order chi connectivity index (χ1) is 13.8. The Morgan fingerprint density at radius 2 is 1.72 bits per heavy atom. The molecule has 2 N–H and O–H groups in total. The minimum atomic E-state index is -5.07. The van der Waals surface area contributed by atoms with E-state index in [0.29, 0.717) is 11.1 Å². The van der Waals surface area contributed by atoms with Crippen molar-refractivity contribution in [2.45, 2.75) is 12.0 Å². The summed E-state index contributed by atoms with van der Waals surface area (Å²) in [6, 6.07) is 10.7. The van der Waals surface area contributed by atoms with Crippen LogP contribution < -0.4 is 10.6 Å². The van der Waals surface area contributed by atoms with E-state index in [1.807, 2.05) is 0 Å². The number of rotatable bonds is 3. The smallest absolute Gasteiger partial charge is 0.339 e. The first-order valence-electron chi connectivity index (χ1n) is 8.55. The van der Waals surface area contributed by atoms with Crippen LogP contribution in [0.5, 0.6) is 0 Å². The molecule has 0 atom stereocenters. The summed E-state index contributed by atoms with van der Waals surface area (Å²) in [6.07, 6.45) is -3.70. The number of halogens is 3. The zero-order chi connectivity index (χ0) is 20.6. The lowest BCUT2D eigenvalue weighted by molar-refractivity contribution is -0.167. The van der Waals surface area contributed by atoms with Crippen LogP contribution in [0.1, 0.15) is 15.9 Å². The van der Waals surface area contributed by atoms with Crippen molar-refractivity contribution in [3.05, 3.63) is 53.6 Å². The van der Waals surface area contributed by atoms with Gasteiger partial charge < -0.3 is 20.1 Å². The van der Waals surface area contributed by atoms with Crippen LogP contribution in [0.15, 0.2) is 47.5 Å². The number of nitrogens with zero attached hydrogens (tertiary/aromatic N) is 1. The Labute approximate surface area is 162 Å². The van der Waals surface area contributed by atoms with Crippen molar-refractivity contribution < 1.29 is 32.2 Å². The number of hydrogen-bond acceptors (Lipinski definition) is 5. The molecule has 2 aromatic carbocycles. The van der Waals surface area contributed by atoms with E-state index in [9.17, 15) is 22.8 Å². The fourth-order valence-electron chi connectivity index (χ4n) is 3.07. The summed E-state index contributed by atoms with van der Waals surface area (Å²) in [5.41, 5.74) is 0.843. The predicted molar refractivity (Wildman–Crippen MR) is 97.3 cm³/mol. The van der Waals surface area contributed by atoms with E-state index in [2.05, 4.69) is 10.3 Å². The molecule has 1 spiro atoms. The minimum Gasteiger partial charge on any atom is -0.339 e. The van der Waals surface area contributed by atoms with Crippen molar-refractivity contribution in [3.8, 4) is 0 Å². The predicted octanol–water partition coefficient (Wildman–Crippen LogP) is 3.36. The summed E-state index contributed by atoms with van der Waals surface area (Å²) < 4.78 is 49.2. The molecule has 2 aromatic rings. The average Bonchev–Trinajstić information content (AvgIpc) is 3.30. The molecule has 150 valence electrons. The molecule has 1 saturated heterocycles. The van der Waals surface area contributed by atoms with Crippen molar-refractivity contribution in [1.82, 2.24) is 0 Å². The molecule has 0 radical (unpaired) electrons. The summed E-state index contributed by atoms with van der Waals surface area (Å²) in [6.45, 7) is 0.520. The maximum absolute atomic E-state index is 12.7. The van der Waals surface area contributed by atoms with Crippen LogP contribution in [0.2, 0.25) is 0 Å². The lowest BCUT2D eigenvalue weighted by Crippen LogP contribution is -2.30. The second-order valence-electron chi connectivity index (χ2n) is 6.31. The standard InChI is InChI=1S/C19H14F3N3O4/c20-19(21,22)17(27)24-12-8-13-15(23-10-18(13)28-6-7-29-18)14(9-12)25-16(26)11-4-2-1-3-5-11/h1-5,8-10H,6-7H2,(H,24,27)(H,25,26). The van der Waals surface area contributed by atoms with Gasteiger partial charge in [-0.05, 0) is 24.3 Å². The van der Waals surface area contributed by atoms with Gasteiger partial charge in [0.25, 0.3) is 5.91 Å². The van der Waals surface area contributed by atoms with Gasteiger partial charge in [0.2, 0.25) is 5.79 Å². The molecular weight excluding hydrogens is 391 g/mol. The molecule has 2 heterocycles. The number of anilines is 2. The first-order valence-corrected chi connectivity index (χ1v) is 8.55. The third-order valence-corrected chi connectivity index (χ3v) is 4.36. The van der Waals surface area contributed by atoms with E-state index in [4.69, 9.17) is 9.47 Å². The van der Waals surface area contributed by atoms with Gasteiger partial charge in [0.1, 0.15) is 0 Å². The number of ether oxygens (including phenoxy) is 2. The Hall–Kier alpha value is -3.24. The van der Waals surface area contributed by atoms with Crippen LogP contribution in [-0.4, -0.2) is 37.4 Å². The Morgan fingerprint density at radius 1 is 1.03 bits per heavy atom. The van der Waals surface area contributed by atoms with Gasteiger partial charge in [0, 0.05) is 16.8 Å². The van der Waals surface area contributed by atoms with Crippen LogP contribution in [0.4, 0.5) is 30.2 Å². The number of nitrogens with one attached hydrogen (secondary N) is 2. The highest BCUT2D eigenvalue weighted by Gasteiger charge is 2.44. The molecule has 10 heteroatoms. The number of hydrogen-bond donors (Lipinski definition) is 2. The Morgan fingerprint density at radius 3 is 2.38 bits per heavy atom. The summed E-state index contributed by atoms with van der Waals surface area (Å²) in [5, 5.41) is 4.41. The van der Waals surface area contributed by atoms with Crippen LogP contribution in [0.3, 0.4) is 0 Å². The van der Waals surface area contributed by atoms with E-state index in [-0.39, 0.29) is 30.3 Å². The van der Waals surface area contributed by atoms with Crippen molar-refractivity contribution in [2.75, 3.05) is 23.8 Å². The molecule has 4 rings (SSSR count). The molecular formula is C19H14F3N3O4. The normalized spacial score (nSPS) is 16.7. The van der Waals surface area contributed by atoms with E-state index in [1.165, 1.54) is 18.3 Å². The number of carbonyl (C=O) groups excluding carboxylic acids is 2. The molecule has 0 aliphatic carbocycles. The minimum absolute atomic E-state index is 0.112. The van der Waals surface area contributed by atoms with Crippen molar-refractivity contribution in [3.63, 3.8) is 0 Å². The quantitative estimate of drug-likeness (QED) is 0.820. The highest BCUT2D eigenvalue weighted by molar-refractivity contribution is 6.08. The van der Waals surface area contributed by atoms with Gasteiger partial charge >= 0.3 is 12.1 Å². The number of benzene rings is 2. The molecule has 2 aliphatic rings. The van der Waals surface area contributed by atoms with E-state index >= 15 is 0 Å². The Balaban J connectivity index is 1.73. The Bertz CT molecular complexity index is 1000. The molecule has 0 saturated carbocycles. The molecule has 2 aliphatic heterocycles. The van der Waals surface area contributed by atoms with Crippen molar-refractivity contribution in [2.24, 2.45) is 4.99 Å². The van der Waals surface area contributed by atoms with Gasteiger partial charge in [-0.15, -0.1) is 0 Å². The molecule has 7 nitrogen and oxygen atoms in total. The van der Waals surface area contributed by atoms with Gasteiger partial charge in [0.15, 0.2) is 0 Å². The van der Waals surface area contributed by atoms with E-state index < -0.39 is 23.8 Å². The van der Waals surface area contributed by atoms with Crippen LogP contribution in [-0.2, 0) is 20.1 Å². The maximum Gasteiger partial charge on any atom is 0.471 e. The summed E-state index contributed by atoms with van der Waals surface area (Å²) >= 11 is 0. The molecule has 0 unspecified atom stereocenters. The van der Waals surface area contributed by atoms with Crippen LogP contribution in [0, 0.1) is 0 Å². The van der Waals surface area contributed by atoms with Crippen LogP contribution >= 0.6 is 0 Å². The van der Waals surface area contributed by atoms with Crippen LogP contribution in [0.25, 0.3) is 0 Å². The molecule has 0 bridgehead atoms. The summed E-state index contributed by atoms with van der Waals surface area (Å²) in [5.74, 6) is -3.99. The SMILES string of the molecule is O=C(Nc1cc(NC(=O)C(F)(F)F)cc2c1N=CC21OCCO1)c1ccccc1. The molecule has 0 aromatic heterocycles. The topological polar surface area (TPSA) is 89.0 Å². The number of amides is 2. The summed E-state index contributed by atoms with van der Waals surface area (Å²) in [4.78, 5) is 28.1. The third-order valence-electron chi connectivity index (χ3n) is 4.36. The monoisotopic (exact) mass is 405 g/mol. The van der Waals surface area contributed by atoms with Crippen molar-refractivity contribution in [1.29, 1.82) is 0 Å². The zero-order valence-electron chi connectivity index (χ0n) is 14.7. The maximum atomic E-state index is 12.7. The fraction of sp³-hybridized carbons (Fsp3) is 0.211. The highest BCUT2D eigenvalue weighted by Crippen LogP contribution is 2.46.